The molecule has 106 valence electrons. The first kappa shape index (κ1) is 16.4. The lowest BCUT2D eigenvalue weighted by Gasteiger charge is -2.07. The Morgan fingerprint density at radius 2 is 1.80 bits per heavy atom. The van der Waals surface area contributed by atoms with Crippen LogP contribution in [0.1, 0.15) is 29.8 Å². The van der Waals surface area contributed by atoms with Gasteiger partial charge in [-0.1, -0.05) is 60.1 Å². The number of carbonyl (C=O) groups excluding carboxylic acids is 1. The van der Waals surface area contributed by atoms with Gasteiger partial charge in [-0.3, -0.25) is 4.79 Å². The molecule has 0 saturated carbocycles. The molecule has 0 aliphatic carbocycles. The quantitative estimate of drug-likeness (QED) is 0.726. The highest BCUT2D eigenvalue weighted by atomic mass is 79.9. The molecule has 0 N–H and O–H groups in total. The summed E-state index contributed by atoms with van der Waals surface area (Å²) in [5, 5.41) is 0. The van der Waals surface area contributed by atoms with E-state index in [1.807, 2.05) is 44.2 Å². The van der Waals surface area contributed by atoms with Gasteiger partial charge in [0.05, 0.1) is 6.61 Å². The van der Waals surface area contributed by atoms with Gasteiger partial charge in [0, 0.05) is 16.5 Å². The highest BCUT2D eigenvalue weighted by Gasteiger charge is 2.01. The van der Waals surface area contributed by atoms with Crippen LogP contribution in [0.15, 0.2) is 53.0 Å². The Bertz CT molecular complexity index is 524. The van der Waals surface area contributed by atoms with E-state index in [9.17, 15) is 4.79 Å². The number of aldehydes is 1. The third-order valence-electron chi connectivity index (χ3n) is 2.60. The molecule has 20 heavy (non-hydrogen) atoms. The Morgan fingerprint density at radius 3 is 2.45 bits per heavy atom. The van der Waals surface area contributed by atoms with E-state index in [4.69, 9.17) is 4.74 Å². The molecule has 0 aliphatic rings. The number of hydrogen-bond donors (Lipinski definition) is 0. The number of carbonyl (C=O) groups is 1. The molecule has 0 fully saturated rings. The SMILES string of the molecule is CC.O=Cc1cc(OCCc2ccccc2)ccc1Br. The first-order chi connectivity index (χ1) is 9.79. The summed E-state index contributed by atoms with van der Waals surface area (Å²) < 4.78 is 6.41. The summed E-state index contributed by atoms with van der Waals surface area (Å²) in [5.74, 6) is 0.719. The molecular formula is C17H19BrO2. The van der Waals surface area contributed by atoms with E-state index in [0.717, 1.165) is 22.9 Å². The van der Waals surface area contributed by atoms with Crippen LogP contribution in [0.5, 0.6) is 5.75 Å². The van der Waals surface area contributed by atoms with Gasteiger partial charge in [-0.05, 0) is 23.8 Å². The van der Waals surface area contributed by atoms with Gasteiger partial charge in [0.2, 0.25) is 0 Å². The highest BCUT2D eigenvalue weighted by molar-refractivity contribution is 9.10. The van der Waals surface area contributed by atoms with Crippen LogP contribution in [-0.4, -0.2) is 12.9 Å². The number of rotatable bonds is 5. The van der Waals surface area contributed by atoms with Gasteiger partial charge in [0.15, 0.2) is 6.29 Å². The first-order valence-electron chi connectivity index (χ1n) is 6.71. The van der Waals surface area contributed by atoms with Crippen molar-refractivity contribution in [3.8, 4) is 5.75 Å². The van der Waals surface area contributed by atoms with Gasteiger partial charge >= 0.3 is 0 Å². The maximum Gasteiger partial charge on any atom is 0.151 e. The van der Waals surface area contributed by atoms with Crippen molar-refractivity contribution in [3.05, 3.63) is 64.1 Å². The van der Waals surface area contributed by atoms with E-state index in [2.05, 4.69) is 28.1 Å². The van der Waals surface area contributed by atoms with Crippen LogP contribution < -0.4 is 4.74 Å². The number of halogens is 1. The average molecular weight is 335 g/mol. The van der Waals surface area contributed by atoms with E-state index in [1.165, 1.54) is 5.56 Å². The van der Waals surface area contributed by atoms with Crippen molar-refractivity contribution in [2.24, 2.45) is 0 Å². The topological polar surface area (TPSA) is 26.3 Å². The lowest BCUT2D eigenvalue weighted by molar-refractivity contribution is 0.112. The van der Waals surface area contributed by atoms with Gasteiger partial charge in [-0.15, -0.1) is 0 Å². The minimum Gasteiger partial charge on any atom is -0.493 e. The normalized spacial score (nSPS) is 9.35. The molecule has 0 heterocycles. The molecule has 2 aromatic rings. The molecule has 0 unspecified atom stereocenters. The Kier molecular flexibility index (Phi) is 7.66. The summed E-state index contributed by atoms with van der Waals surface area (Å²) in [6, 6.07) is 15.6. The second-order valence-electron chi connectivity index (χ2n) is 3.89. The standard InChI is InChI=1S/C15H13BrO2.C2H6/c16-15-7-6-14(10-13(15)11-17)18-9-8-12-4-2-1-3-5-12;1-2/h1-7,10-11H,8-9H2;1-2H3. The van der Waals surface area contributed by atoms with Gasteiger partial charge in [0.1, 0.15) is 5.75 Å². The summed E-state index contributed by atoms with van der Waals surface area (Å²) in [6.45, 7) is 4.60. The Labute approximate surface area is 128 Å². The maximum atomic E-state index is 10.8. The van der Waals surface area contributed by atoms with Crippen LogP contribution in [0.4, 0.5) is 0 Å². The molecule has 0 bridgehead atoms. The third-order valence-corrected chi connectivity index (χ3v) is 3.32. The largest absolute Gasteiger partial charge is 0.493 e. The van der Waals surface area contributed by atoms with Gasteiger partial charge in [-0.25, -0.2) is 0 Å². The van der Waals surface area contributed by atoms with Crippen LogP contribution in [0.3, 0.4) is 0 Å². The van der Waals surface area contributed by atoms with E-state index < -0.39 is 0 Å². The van der Waals surface area contributed by atoms with Crippen molar-refractivity contribution in [2.75, 3.05) is 6.61 Å². The zero-order valence-corrected chi connectivity index (χ0v) is 13.4. The molecule has 3 heteroatoms. The summed E-state index contributed by atoms with van der Waals surface area (Å²) in [6.07, 6.45) is 1.67. The van der Waals surface area contributed by atoms with Gasteiger partial charge < -0.3 is 4.74 Å². The van der Waals surface area contributed by atoms with Crippen molar-refractivity contribution >= 4 is 22.2 Å². The highest BCUT2D eigenvalue weighted by Crippen LogP contribution is 2.21. The Hall–Kier alpha value is -1.61. The maximum absolute atomic E-state index is 10.8. The molecule has 0 atom stereocenters. The van der Waals surface area contributed by atoms with Crippen LogP contribution >= 0.6 is 15.9 Å². The fourth-order valence-electron chi connectivity index (χ4n) is 1.63. The summed E-state index contributed by atoms with van der Waals surface area (Å²) >= 11 is 3.31. The molecule has 0 saturated heterocycles. The fourth-order valence-corrected chi connectivity index (χ4v) is 1.97. The monoisotopic (exact) mass is 334 g/mol. The lowest BCUT2D eigenvalue weighted by Crippen LogP contribution is -2.01. The van der Waals surface area contributed by atoms with Crippen LogP contribution in [0.2, 0.25) is 0 Å². The smallest absolute Gasteiger partial charge is 0.151 e. The summed E-state index contributed by atoms with van der Waals surface area (Å²) in [4.78, 5) is 10.8. The van der Waals surface area contributed by atoms with Gasteiger partial charge in [-0.2, -0.15) is 0 Å². The number of ether oxygens (including phenoxy) is 1. The molecular weight excluding hydrogens is 316 g/mol. The zero-order chi connectivity index (χ0) is 14.8. The summed E-state index contributed by atoms with van der Waals surface area (Å²) in [7, 11) is 0. The van der Waals surface area contributed by atoms with Gasteiger partial charge in [0.25, 0.3) is 0 Å². The molecule has 0 amide bonds. The zero-order valence-electron chi connectivity index (χ0n) is 11.8. The Morgan fingerprint density at radius 1 is 1.10 bits per heavy atom. The first-order valence-corrected chi connectivity index (χ1v) is 7.50. The second-order valence-corrected chi connectivity index (χ2v) is 4.74. The van der Waals surface area contributed by atoms with Crippen LogP contribution in [0.25, 0.3) is 0 Å². The fraction of sp³-hybridized carbons (Fsp3) is 0.235. The van der Waals surface area contributed by atoms with Crippen molar-refractivity contribution in [1.29, 1.82) is 0 Å². The summed E-state index contributed by atoms with van der Waals surface area (Å²) in [5.41, 5.74) is 1.84. The molecule has 0 aromatic heterocycles. The molecule has 2 nitrogen and oxygen atoms in total. The number of benzene rings is 2. The Balaban J connectivity index is 0.000000956. The van der Waals surface area contributed by atoms with E-state index >= 15 is 0 Å². The van der Waals surface area contributed by atoms with Crippen molar-refractivity contribution in [2.45, 2.75) is 20.3 Å². The van der Waals surface area contributed by atoms with E-state index in [0.29, 0.717) is 12.2 Å². The molecule has 2 rings (SSSR count). The predicted octanol–water partition coefficient (Wildman–Crippen LogP) is 4.91. The third kappa shape index (κ3) is 5.17. The van der Waals surface area contributed by atoms with Crippen molar-refractivity contribution < 1.29 is 9.53 Å². The molecule has 0 aliphatic heterocycles. The van der Waals surface area contributed by atoms with Crippen molar-refractivity contribution in [1.82, 2.24) is 0 Å². The number of hydrogen-bond acceptors (Lipinski definition) is 2. The minimum atomic E-state index is 0.601. The average Bonchev–Trinajstić information content (AvgIpc) is 2.52. The lowest BCUT2D eigenvalue weighted by atomic mass is 10.2. The van der Waals surface area contributed by atoms with Crippen LogP contribution in [0, 0.1) is 0 Å². The molecule has 0 radical (unpaired) electrons. The van der Waals surface area contributed by atoms with E-state index in [-0.39, 0.29) is 0 Å². The van der Waals surface area contributed by atoms with E-state index in [1.54, 1.807) is 6.07 Å². The molecule has 0 spiro atoms. The minimum absolute atomic E-state index is 0.601. The van der Waals surface area contributed by atoms with Crippen LogP contribution in [-0.2, 0) is 6.42 Å². The van der Waals surface area contributed by atoms with Crippen molar-refractivity contribution in [3.63, 3.8) is 0 Å². The predicted molar refractivity (Wildman–Crippen MR) is 86.5 cm³/mol. The molecule has 2 aromatic carbocycles. The second kappa shape index (κ2) is 9.32.